The molecule has 0 fully saturated rings. The van der Waals surface area contributed by atoms with Crippen molar-refractivity contribution in [3.8, 4) is 0 Å². The van der Waals surface area contributed by atoms with Crippen LogP contribution in [-0.4, -0.2) is 35.9 Å². The summed E-state index contributed by atoms with van der Waals surface area (Å²) in [6, 6.07) is 12.4. The Morgan fingerprint density at radius 2 is 1.50 bits per heavy atom. The highest BCUT2D eigenvalue weighted by atomic mass is 35.5. The summed E-state index contributed by atoms with van der Waals surface area (Å²) < 4.78 is 4.93. The monoisotopic (exact) mass is 420 g/mol. The third kappa shape index (κ3) is 8.02. The molecule has 0 heterocycles. The van der Waals surface area contributed by atoms with Gasteiger partial charge in [0.25, 0.3) is 5.91 Å². The van der Waals surface area contributed by atoms with Gasteiger partial charge in [0.2, 0.25) is 5.91 Å². The molecule has 0 radical (unpaired) electrons. The highest BCUT2D eigenvalue weighted by Gasteiger charge is 2.10. The molecule has 8 heteroatoms. The smallest absolute Gasteiger partial charge is 0.316 e. The fourth-order valence-electron chi connectivity index (χ4n) is 2.39. The van der Waals surface area contributed by atoms with Crippen LogP contribution >= 0.6 is 23.4 Å². The summed E-state index contributed by atoms with van der Waals surface area (Å²) in [4.78, 5) is 35.4. The van der Waals surface area contributed by atoms with Gasteiger partial charge in [0.15, 0.2) is 6.61 Å². The Hall–Kier alpha value is -2.51. The fraction of sp³-hybridized carbons (Fsp3) is 0.250. The average molecular weight is 421 g/mol. The molecule has 0 saturated heterocycles. The summed E-state index contributed by atoms with van der Waals surface area (Å²) in [6.45, 7) is 3.50. The zero-order chi connectivity index (χ0) is 20.5. The van der Waals surface area contributed by atoms with Crippen LogP contribution in [0.4, 0.5) is 11.4 Å². The van der Waals surface area contributed by atoms with Crippen LogP contribution in [0.3, 0.4) is 0 Å². The van der Waals surface area contributed by atoms with Gasteiger partial charge in [0.1, 0.15) is 0 Å². The van der Waals surface area contributed by atoms with Gasteiger partial charge in [-0.2, -0.15) is 0 Å². The minimum atomic E-state index is -0.556. The van der Waals surface area contributed by atoms with E-state index in [9.17, 15) is 14.4 Å². The molecular formula is C20H21ClN2O4S. The maximum absolute atomic E-state index is 11.9. The molecule has 148 valence electrons. The topological polar surface area (TPSA) is 84.5 Å². The molecule has 0 unspecified atom stereocenters. The van der Waals surface area contributed by atoms with Crippen molar-refractivity contribution in [3.63, 3.8) is 0 Å². The van der Waals surface area contributed by atoms with Gasteiger partial charge in [-0.05, 0) is 61.4 Å². The molecule has 0 aliphatic rings. The summed E-state index contributed by atoms with van der Waals surface area (Å²) in [5.41, 5.74) is 3.34. The quantitative estimate of drug-likeness (QED) is 0.634. The van der Waals surface area contributed by atoms with Crippen LogP contribution < -0.4 is 10.6 Å². The van der Waals surface area contributed by atoms with Gasteiger partial charge in [-0.1, -0.05) is 17.7 Å². The number of halogens is 1. The molecule has 0 bridgehead atoms. The predicted octanol–water partition coefficient (Wildman–Crippen LogP) is 3.81. The Bertz CT molecular complexity index is 836. The fourth-order valence-corrected chi connectivity index (χ4v) is 3.12. The molecule has 2 aromatic carbocycles. The third-order valence-electron chi connectivity index (χ3n) is 3.45. The molecule has 0 aromatic heterocycles. The molecule has 2 rings (SSSR count). The SMILES string of the molecule is Cc1cc(C)cc(NC(=O)COC(=O)CSCC(=O)Nc2ccc(Cl)cc2)c1. The van der Waals surface area contributed by atoms with E-state index >= 15 is 0 Å². The molecule has 2 amide bonds. The van der Waals surface area contributed by atoms with E-state index in [2.05, 4.69) is 10.6 Å². The van der Waals surface area contributed by atoms with Crippen molar-refractivity contribution in [1.82, 2.24) is 0 Å². The summed E-state index contributed by atoms with van der Waals surface area (Å²) in [5, 5.41) is 5.96. The average Bonchev–Trinajstić information content (AvgIpc) is 2.61. The second-order valence-corrected chi connectivity index (χ2v) is 7.56. The summed E-state index contributed by atoms with van der Waals surface area (Å²) >= 11 is 6.89. The first-order chi connectivity index (χ1) is 13.3. The van der Waals surface area contributed by atoms with E-state index < -0.39 is 11.9 Å². The number of nitrogens with one attached hydrogen (secondary N) is 2. The maximum atomic E-state index is 11.9. The molecule has 0 aliphatic heterocycles. The first kappa shape index (κ1) is 21.8. The highest BCUT2D eigenvalue weighted by Crippen LogP contribution is 2.15. The molecule has 28 heavy (non-hydrogen) atoms. The van der Waals surface area contributed by atoms with E-state index in [-0.39, 0.29) is 24.0 Å². The van der Waals surface area contributed by atoms with Crippen LogP contribution in [0.2, 0.25) is 5.02 Å². The van der Waals surface area contributed by atoms with Crippen LogP contribution in [-0.2, 0) is 19.1 Å². The number of aryl methyl sites for hydroxylation is 2. The number of esters is 1. The van der Waals surface area contributed by atoms with Gasteiger partial charge in [0.05, 0.1) is 11.5 Å². The lowest BCUT2D eigenvalue weighted by Gasteiger charge is -2.08. The van der Waals surface area contributed by atoms with Gasteiger partial charge < -0.3 is 15.4 Å². The molecule has 0 spiro atoms. The first-order valence-corrected chi connectivity index (χ1v) is 10.0. The maximum Gasteiger partial charge on any atom is 0.316 e. The first-order valence-electron chi connectivity index (χ1n) is 8.49. The van der Waals surface area contributed by atoms with Crippen LogP contribution in [0.25, 0.3) is 0 Å². The summed E-state index contributed by atoms with van der Waals surface area (Å²) in [5.74, 6) is -1.14. The number of carbonyl (C=O) groups excluding carboxylic acids is 3. The van der Waals surface area contributed by atoms with E-state index in [1.165, 1.54) is 0 Å². The van der Waals surface area contributed by atoms with E-state index in [0.717, 1.165) is 22.9 Å². The number of benzene rings is 2. The number of rotatable bonds is 8. The third-order valence-corrected chi connectivity index (χ3v) is 4.61. The van der Waals surface area contributed by atoms with Crippen molar-refractivity contribution < 1.29 is 19.1 Å². The highest BCUT2D eigenvalue weighted by molar-refractivity contribution is 8.00. The van der Waals surface area contributed by atoms with Crippen LogP contribution in [0.15, 0.2) is 42.5 Å². The van der Waals surface area contributed by atoms with Crippen molar-refractivity contribution in [3.05, 3.63) is 58.6 Å². The minimum Gasteiger partial charge on any atom is -0.455 e. The van der Waals surface area contributed by atoms with Crippen molar-refractivity contribution in [2.24, 2.45) is 0 Å². The lowest BCUT2D eigenvalue weighted by molar-refractivity contribution is -0.144. The predicted molar refractivity (Wildman–Crippen MR) is 113 cm³/mol. The largest absolute Gasteiger partial charge is 0.455 e. The van der Waals surface area contributed by atoms with Crippen LogP contribution in [0.5, 0.6) is 0 Å². The molecule has 0 atom stereocenters. The van der Waals surface area contributed by atoms with Gasteiger partial charge >= 0.3 is 5.97 Å². The summed E-state index contributed by atoms with van der Waals surface area (Å²) in [7, 11) is 0. The van der Waals surface area contributed by atoms with E-state index in [4.69, 9.17) is 16.3 Å². The number of ether oxygens (including phenoxy) is 1. The zero-order valence-electron chi connectivity index (χ0n) is 15.6. The normalized spacial score (nSPS) is 10.2. The zero-order valence-corrected chi connectivity index (χ0v) is 17.2. The van der Waals surface area contributed by atoms with Crippen LogP contribution in [0, 0.1) is 13.8 Å². The number of hydrogen-bond donors (Lipinski definition) is 2. The number of hydrogen-bond acceptors (Lipinski definition) is 5. The van der Waals surface area contributed by atoms with Crippen molar-refractivity contribution in [2.45, 2.75) is 13.8 Å². The number of thioether (sulfide) groups is 1. The lowest BCUT2D eigenvalue weighted by Crippen LogP contribution is -2.22. The van der Waals surface area contributed by atoms with E-state index in [1.54, 1.807) is 24.3 Å². The Balaban J connectivity index is 1.64. The molecule has 0 aliphatic carbocycles. The second-order valence-electron chi connectivity index (χ2n) is 6.13. The van der Waals surface area contributed by atoms with Crippen molar-refractivity contribution in [1.29, 1.82) is 0 Å². The standard InChI is InChI=1S/C20H21ClN2O4S/c1-13-7-14(2)9-17(8-13)23-18(24)10-27-20(26)12-28-11-19(25)22-16-5-3-15(21)4-6-16/h3-9H,10-12H2,1-2H3,(H,22,25)(H,23,24). The van der Waals surface area contributed by atoms with E-state index in [1.807, 2.05) is 32.0 Å². The van der Waals surface area contributed by atoms with E-state index in [0.29, 0.717) is 16.4 Å². The number of amides is 2. The van der Waals surface area contributed by atoms with Gasteiger partial charge in [-0.15, -0.1) is 11.8 Å². The minimum absolute atomic E-state index is 0.0229. The number of carbonyl (C=O) groups is 3. The van der Waals surface area contributed by atoms with Crippen molar-refractivity contribution >= 4 is 52.5 Å². The Kier molecular flexibility index (Phi) is 8.35. The molecule has 2 aromatic rings. The Labute approximate surface area is 173 Å². The molecule has 2 N–H and O–H groups in total. The second kappa shape index (κ2) is 10.7. The number of anilines is 2. The Morgan fingerprint density at radius 3 is 2.14 bits per heavy atom. The van der Waals surface area contributed by atoms with Gasteiger partial charge in [-0.3, -0.25) is 14.4 Å². The van der Waals surface area contributed by atoms with Crippen LogP contribution in [0.1, 0.15) is 11.1 Å². The summed E-state index contributed by atoms with van der Waals surface area (Å²) in [6.07, 6.45) is 0. The van der Waals surface area contributed by atoms with Gasteiger partial charge in [-0.25, -0.2) is 0 Å². The Morgan fingerprint density at radius 1 is 0.893 bits per heavy atom. The lowest BCUT2D eigenvalue weighted by atomic mass is 10.1. The van der Waals surface area contributed by atoms with Crippen molar-refractivity contribution in [2.75, 3.05) is 28.7 Å². The molecule has 0 saturated carbocycles. The molecular weight excluding hydrogens is 400 g/mol. The molecule has 6 nitrogen and oxygen atoms in total. The van der Waals surface area contributed by atoms with Gasteiger partial charge in [0, 0.05) is 16.4 Å².